The first-order chi connectivity index (χ1) is 9.13. The first-order valence-corrected chi connectivity index (χ1v) is 5.96. The summed E-state index contributed by atoms with van der Waals surface area (Å²) in [5, 5.41) is 9.15. The van der Waals surface area contributed by atoms with Gasteiger partial charge >= 0.3 is 11.9 Å². The zero-order chi connectivity index (χ0) is 13.8. The summed E-state index contributed by atoms with van der Waals surface area (Å²) < 4.78 is 15.6. The molecule has 0 aliphatic carbocycles. The van der Waals surface area contributed by atoms with E-state index in [1.54, 1.807) is 19.1 Å². The highest BCUT2D eigenvalue weighted by Crippen LogP contribution is 2.33. The van der Waals surface area contributed by atoms with Gasteiger partial charge in [0.05, 0.1) is 13.2 Å². The molecule has 1 heterocycles. The Morgan fingerprint density at radius 2 is 2.32 bits per heavy atom. The maximum absolute atomic E-state index is 11.4. The minimum atomic E-state index is -1.14. The molecule has 0 radical (unpaired) electrons. The Kier molecular flexibility index (Phi) is 3.89. The summed E-state index contributed by atoms with van der Waals surface area (Å²) in [5.74, 6) is -1.24. The highest BCUT2D eigenvalue weighted by atomic mass is 16.6. The molecule has 19 heavy (non-hydrogen) atoms. The number of benzene rings is 1. The topological polar surface area (TPSA) is 82.1 Å². The molecule has 1 atom stereocenters. The average molecular weight is 266 g/mol. The predicted octanol–water partition coefficient (Wildman–Crippen LogP) is 1.48. The van der Waals surface area contributed by atoms with Gasteiger partial charge in [-0.1, -0.05) is 6.07 Å². The van der Waals surface area contributed by atoms with E-state index in [2.05, 4.69) is 0 Å². The second kappa shape index (κ2) is 5.60. The molecule has 1 aromatic carbocycles. The van der Waals surface area contributed by atoms with E-state index in [4.69, 9.17) is 19.3 Å². The van der Waals surface area contributed by atoms with Gasteiger partial charge in [-0.15, -0.1) is 0 Å². The van der Waals surface area contributed by atoms with E-state index < -0.39 is 18.0 Å². The van der Waals surface area contributed by atoms with Gasteiger partial charge in [-0.2, -0.15) is 0 Å². The molecule has 1 aliphatic heterocycles. The van der Waals surface area contributed by atoms with Crippen LogP contribution in [-0.2, 0) is 9.53 Å². The third-order valence-electron chi connectivity index (χ3n) is 2.66. The van der Waals surface area contributed by atoms with Gasteiger partial charge in [0.15, 0.2) is 17.6 Å². The predicted molar refractivity (Wildman–Crippen MR) is 64.6 cm³/mol. The van der Waals surface area contributed by atoms with Crippen molar-refractivity contribution >= 4 is 11.9 Å². The molecule has 1 aliphatic rings. The summed E-state index contributed by atoms with van der Waals surface area (Å²) in [6.07, 6.45) is -0.377. The third kappa shape index (κ3) is 2.78. The van der Waals surface area contributed by atoms with Crippen LogP contribution in [0.15, 0.2) is 18.2 Å². The first-order valence-electron chi connectivity index (χ1n) is 5.96. The summed E-state index contributed by atoms with van der Waals surface area (Å²) in [7, 11) is 0. The number of ether oxygens (including phenoxy) is 3. The molecule has 2 rings (SSSR count). The monoisotopic (exact) mass is 266 g/mol. The van der Waals surface area contributed by atoms with Gasteiger partial charge in [0.2, 0.25) is 0 Å². The Morgan fingerprint density at radius 1 is 1.53 bits per heavy atom. The van der Waals surface area contributed by atoms with Crippen LogP contribution < -0.4 is 9.47 Å². The summed E-state index contributed by atoms with van der Waals surface area (Å²) in [5.41, 5.74) is -0.0364. The molecule has 0 bridgehead atoms. The molecule has 0 aromatic heterocycles. The van der Waals surface area contributed by atoms with Crippen molar-refractivity contribution in [2.75, 3.05) is 13.2 Å². The van der Waals surface area contributed by atoms with Crippen LogP contribution in [0.25, 0.3) is 0 Å². The number of esters is 1. The van der Waals surface area contributed by atoms with Crippen molar-refractivity contribution < 1.29 is 28.9 Å². The molecule has 0 amide bonds. The minimum Gasteiger partial charge on any atom is -0.490 e. The van der Waals surface area contributed by atoms with Crippen LogP contribution in [0.2, 0.25) is 0 Å². The van der Waals surface area contributed by atoms with Crippen molar-refractivity contribution in [1.82, 2.24) is 0 Å². The lowest BCUT2D eigenvalue weighted by atomic mass is 10.2. The zero-order valence-electron chi connectivity index (χ0n) is 10.4. The molecule has 0 saturated carbocycles. The lowest BCUT2D eigenvalue weighted by Gasteiger charge is -2.16. The van der Waals surface area contributed by atoms with Gasteiger partial charge in [0.1, 0.15) is 5.56 Å². The molecule has 1 saturated heterocycles. The Hall–Kier alpha value is -2.24. The van der Waals surface area contributed by atoms with Crippen LogP contribution in [0, 0.1) is 0 Å². The fraction of sp³-hybridized carbons (Fsp3) is 0.385. The summed E-state index contributed by atoms with van der Waals surface area (Å²) in [6, 6.07) is 4.57. The molecule has 1 N–H and O–H groups in total. The molecule has 0 spiro atoms. The van der Waals surface area contributed by atoms with Crippen molar-refractivity contribution in [3.8, 4) is 11.5 Å². The smallest absolute Gasteiger partial charge is 0.347 e. The number of carbonyl (C=O) groups excluding carboxylic acids is 1. The highest BCUT2D eigenvalue weighted by Gasteiger charge is 2.31. The van der Waals surface area contributed by atoms with Crippen LogP contribution in [0.4, 0.5) is 0 Å². The largest absolute Gasteiger partial charge is 0.490 e. The second-order valence-corrected chi connectivity index (χ2v) is 3.93. The normalized spacial score (nSPS) is 17.9. The molecule has 1 aromatic rings. The van der Waals surface area contributed by atoms with Crippen molar-refractivity contribution in [3.63, 3.8) is 0 Å². The highest BCUT2D eigenvalue weighted by molar-refractivity contribution is 5.92. The number of carboxylic acid groups (broad SMARTS) is 1. The van der Waals surface area contributed by atoms with Crippen LogP contribution >= 0.6 is 0 Å². The average Bonchev–Trinajstić information content (AvgIpc) is 2.77. The Balaban J connectivity index is 2.34. The number of carbonyl (C=O) groups is 2. The maximum atomic E-state index is 11.4. The van der Waals surface area contributed by atoms with Gasteiger partial charge in [-0.05, 0) is 19.1 Å². The van der Waals surface area contributed by atoms with E-state index in [0.717, 1.165) is 0 Å². The number of hydrogen-bond acceptors (Lipinski definition) is 5. The number of hydrogen-bond donors (Lipinski definition) is 1. The maximum Gasteiger partial charge on any atom is 0.347 e. The summed E-state index contributed by atoms with van der Waals surface area (Å²) >= 11 is 0. The van der Waals surface area contributed by atoms with Gasteiger partial charge in [-0.25, -0.2) is 9.59 Å². The van der Waals surface area contributed by atoms with Gasteiger partial charge < -0.3 is 19.3 Å². The summed E-state index contributed by atoms with van der Waals surface area (Å²) in [6.45, 7) is 2.43. The van der Waals surface area contributed by atoms with E-state index in [1.807, 2.05) is 0 Å². The quantitative estimate of drug-likeness (QED) is 0.813. The molecule has 6 heteroatoms. The molecule has 102 valence electrons. The lowest BCUT2D eigenvalue weighted by molar-refractivity contribution is -0.143. The van der Waals surface area contributed by atoms with Crippen molar-refractivity contribution in [2.45, 2.75) is 19.4 Å². The third-order valence-corrected chi connectivity index (χ3v) is 2.66. The molecule has 1 unspecified atom stereocenters. The molecular formula is C13H14O6. The number of cyclic esters (lactones) is 1. The molecule has 1 fully saturated rings. The standard InChI is InChI=1S/C13H14O6/c1-2-17-9-5-3-4-8(12(14)15)11(9)19-10-6-7-18-13(10)16/h3-5,10H,2,6-7H2,1H3,(H,14,15). The van der Waals surface area contributed by atoms with Crippen LogP contribution in [-0.4, -0.2) is 36.4 Å². The molecular weight excluding hydrogens is 252 g/mol. The van der Waals surface area contributed by atoms with Gasteiger partial charge in [-0.3, -0.25) is 0 Å². The molecule has 6 nitrogen and oxygen atoms in total. The van der Waals surface area contributed by atoms with Gasteiger partial charge in [0.25, 0.3) is 0 Å². The Labute approximate surface area is 109 Å². The number of para-hydroxylation sites is 1. The summed E-state index contributed by atoms with van der Waals surface area (Å²) in [4.78, 5) is 22.6. The van der Waals surface area contributed by atoms with Crippen molar-refractivity contribution in [2.24, 2.45) is 0 Å². The van der Waals surface area contributed by atoms with Gasteiger partial charge in [0, 0.05) is 6.42 Å². The van der Waals surface area contributed by atoms with Crippen LogP contribution in [0.5, 0.6) is 11.5 Å². The van der Waals surface area contributed by atoms with E-state index >= 15 is 0 Å². The van der Waals surface area contributed by atoms with Crippen LogP contribution in [0.3, 0.4) is 0 Å². The Morgan fingerprint density at radius 3 is 2.89 bits per heavy atom. The van der Waals surface area contributed by atoms with Crippen LogP contribution in [0.1, 0.15) is 23.7 Å². The van der Waals surface area contributed by atoms with E-state index in [0.29, 0.717) is 18.8 Å². The number of aromatic carboxylic acids is 1. The first kappa shape index (κ1) is 13.2. The van der Waals surface area contributed by atoms with Crippen molar-refractivity contribution in [1.29, 1.82) is 0 Å². The fourth-order valence-electron chi connectivity index (χ4n) is 1.80. The van der Waals surface area contributed by atoms with E-state index in [-0.39, 0.29) is 17.9 Å². The lowest BCUT2D eigenvalue weighted by Crippen LogP contribution is -2.23. The second-order valence-electron chi connectivity index (χ2n) is 3.93. The Bertz CT molecular complexity index is 496. The fourth-order valence-corrected chi connectivity index (χ4v) is 1.80. The van der Waals surface area contributed by atoms with E-state index in [9.17, 15) is 9.59 Å². The number of carboxylic acids is 1. The SMILES string of the molecule is CCOc1cccc(C(=O)O)c1OC1CCOC1=O. The van der Waals surface area contributed by atoms with Crippen molar-refractivity contribution in [3.05, 3.63) is 23.8 Å². The zero-order valence-corrected chi connectivity index (χ0v) is 10.4. The number of rotatable bonds is 5. The minimum absolute atomic E-state index is 0.0364. The van der Waals surface area contributed by atoms with E-state index in [1.165, 1.54) is 6.07 Å².